The Morgan fingerprint density at radius 3 is 2.52 bits per heavy atom. The van der Waals surface area contributed by atoms with Gasteiger partial charge in [-0.3, -0.25) is 0 Å². The first-order valence-corrected chi connectivity index (χ1v) is 8.48. The largest absolute Gasteiger partial charge is 0.465 e. The van der Waals surface area contributed by atoms with Gasteiger partial charge in [-0.25, -0.2) is 9.59 Å². The molecule has 2 aromatic carbocycles. The lowest BCUT2D eigenvalue weighted by Gasteiger charge is -2.19. The molecule has 0 saturated carbocycles. The van der Waals surface area contributed by atoms with Gasteiger partial charge in [0.05, 0.1) is 17.7 Å². The molecular weight excluding hydrogens is 374 g/mol. The second-order valence-corrected chi connectivity index (χ2v) is 6.09. The fourth-order valence-corrected chi connectivity index (χ4v) is 2.48. The lowest BCUT2D eigenvalue weighted by molar-refractivity contribution is 0.0183. The zero-order valence-electron chi connectivity index (χ0n) is 14.6. The molecule has 0 aliphatic rings. The number of hydrogen-bond acceptors (Lipinski definition) is 6. The number of aliphatic hydroxyl groups excluding tert-OH is 2. The van der Waals surface area contributed by atoms with Crippen molar-refractivity contribution >= 4 is 23.7 Å². The number of ether oxygens (including phenoxy) is 2. The van der Waals surface area contributed by atoms with Crippen molar-refractivity contribution in [3.8, 4) is 0 Å². The van der Waals surface area contributed by atoms with E-state index in [1.54, 1.807) is 0 Å². The summed E-state index contributed by atoms with van der Waals surface area (Å²) >= 11 is 5.92. The van der Waals surface area contributed by atoms with E-state index in [2.05, 4.69) is 10.1 Å². The number of esters is 1. The van der Waals surface area contributed by atoms with Crippen LogP contribution in [0.5, 0.6) is 0 Å². The summed E-state index contributed by atoms with van der Waals surface area (Å²) in [4.78, 5) is 23.4. The Morgan fingerprint density at radius 1 is 1.15 bits per heavy atom. The third-order valence-corrected chi connectivity index (χ3v) is 4.10. The predicted octanol–water partition coefficient (Wildman–Crippen LogP) is 2.45. The summed E-state index contributed by atoms with van der Waals surface area (Å²) in [6.07, 6.45) is -3.39. The SMILES string of the molecule is COC(=O)c1cc(C(O)C(O)CNC(=O)OCc2ccccc2)ccc1Cl. The van der Waals surface area contributed by atoms with Crippen LogP contribution < -0.4 is 5.32 Å². The number of halogens is 1. The van der Waals surface area contributed by atoms with E-state index in [4.69, 9.17) is 16.3 Å². The molecule has 0 radical (unpaired) electrons. The van der Waals surface area contributed by atoms with E-state index in [1.807, 2.05) is 30.3 Å². The molecule has 0 spiro atoms. The molecule has 2 unspecified atom stereocenters. The molecule has 3 N–H and O–H groups in total. The summed E-state index contributed by atoms with van der Waals surface area (Å²) in [6, 6.07) is 13.3. The topological polar surface area (TPSA) is 105 Å². The lowest BCUT2D eigenvalue weighted by Crippen LogP contribution is -2.35. The standard InChI is InChI=1S/C19H20ClNO6/c1-26-18(24)14-9-13(7-8-15(14)20)17(23)16(22)10-21-19(25)27-11-12-5-3-2-4-6-12/h2-9,16-17,22-23H,10-11H2,1H3,(H,21,25). The van der Waals surface area contributed by atoms with Crippen LogP contribution in [0, 0.1) is 0 Å². The highest BCUT2D eigenvalue weighted by atomic mass is 35.5. The lowest BCUT2D eigenvalue weighted by atomic mass is 10.0. The average molecular weight is 394 g/mol. The van der Waals surface area contributed by atoms with Gasteiger partial charge in [0.1, 0.15) is 18.8 Å². The molecule has 144 valence electrons. The van der Waals surface area contributed by atoms with Crippen LogP contribution >= 0.6 is 11.6 Å². The highest BCUT2D eigenvalue weighted by Crippen LogP contribution is 2.24. The van der Waals surface area contributed by atoms with E-state index in [9.17, 15) is 19.8 Å². The fourth-order valence-electron chi connectivity index (χ4n) is 2.29. The number of nitrogens with one attached hydrogen (secondary N) is 1. The highest BCUT2D eigenvalue weighted by molar-refractivity contribution is 6.33. The Kier molecular flexibility index (Phi) is 7.60. The third kappa shape index (κ3) is 5.96. The molecule has 2 aromatic rings. The molecule has 2 rings (SSSR count). The first-order valence-electron chi connectivity index (χ1n) is 8.10. The number of methoxy groups -OCH3 is 1. The number of rotatable bonds is 7. The quantitative estimate of drug-likeness (QED) is 0.624. The van der Waals surface area contributed by atoms with E-state index in [-0.39, 0.29) is 29.3 Å². The van der Waals surface area contributed by atoms with Crippen LogP contribution in [0.15, 0.2) is 48.5 Å². The monoisotopic (exact) mass is 393 g/mol. The summed E-state index contributed by atoms with van der Waals surface area (Å²) in [7, 11) is 1.21. The van der Waals surface area contributed by atoms with Crippen LogP contribution in [-0.2, 0) is 16.1 Å². The van der Waals surface area contributed by atoms with E-state index in [0.717, 1.165) is 5.56 Å². The fraction of sp³-hybridized carbons (Fsp3) is 0.263. The van der Waals surface area contributed by atoms with Crippen molar-refractivity contribution in [2.75, 3.05) is 13.7 Å². The number of carbonyl (C=O) groups is 2. The highest BCUT2D eigenvalue weighted by Gasteiger charge is 2.22. The molecule has 7 nitrogen and oxygen atoms in total. The van der Waals surface area contributed by atoms with Crippen molar-refractivity contribution in [1.29, 1.82) is 0 Å². The predicted molar refractivity (Wildman–Crippen MR) is 98.4 cm³/mol. The molecule has 0 aromatic heterocycles. The van der Waals surface area contributed by atoms with E-state index < -0.39 is 24.3 Å². The molecule has 0 bridgehead atoms. The van der Waals surface area contributed by atoms with Gasteiger partial charge in [-0.05, 0) is 23.3 Å². The first-order chi connectivity index (χ1) is 12.9. The van der Waals surface area contributed by atoms with Crippen LogP contribution in [0.4, 0.5) is 4.79 Å². The molecule has 0 fully saturated rings. The van der Waals surface area contributed by atoms with Crippen LogP contribution in [0.3, 0.4) is 0 Å². The minimum absolute atomic E-state index is 0.0677. The Morgan fingerprint density at radius 2 is 1.85 bits per heavy atom. The summed E-state index contributed by atoms with van der Waals surface area (Å²) in [5.41, 5.74) is 1.15. The van der Waals surface area contributed by atoms with Crippen molar-refractivity contribution in [3.63, 3.8) is 0 Å². The number of alkyl carbamates (subject to hydrolysis) is 1. The van der Waals surface area contributed by atoms with Crippen molar-refractivity contribution in [1.82, 2.24) is 5.32 Å². The minimum atomic E-state index is -1.35. The zero-order valence-corrected chi connectivity index (χ0v) is 15.3. The second kappa shape index (κ2) is 9.91. The van der Waals surface area contributed by atoms with Crippen molar-refractivity contribution in [3.05, 3.63) is 70.2 Å². The molecule has 2 atom stereocenters. The second-order valence-electron chi connectivity index (χ2n) is 5.69. The molecule has 0 aliphatic heterocycles. The third-order valence-electron chi connectivity index (χ3n) is 3.77. The average Bonchev–Trinajstić information content (AvgIpc) is 2.70. The molecule has 27 heavy (non-hydrogen) atoms. The van der Waals surface area contributed by atoms with Crippen LogP contribution in [-0.4, -0.2) is 42.0 Å². The minimum Gasteiger partial charge on any atom is -0.465 e. The maximum atomic E-state index is 11.7. The normalized spacial score (nSPS) is 12.7. The Labute approximate surface area is 161 Å². The number of amides is 1. The Bertz CT molecular complexity index is 783. The Balaban J connectivity index is 1.88. The van der Waals surface area contributed by atoms with Gasteiger partial charge in [-0.1, -0.05) is 48.0 Å². The maximum absolute atomic E-state index is 11.7. The molecule has 0 heterocycles. The zero-order chi connectivity index (χ0) is 19.8. The summed E-state index contributed by atoms with van der Waals surface area (Å²) in [5.74, 6) is -0.661. The van der Waals surface area contributed by atoms with Crippen LogP contribution in [0.25, 0.3) is 0 Å². The maximum Gasteiger partial charge on any atom is 0.407 e. The molecule has 1 amide bonds. The van der Waals surface area contributed by atoms with Crippen molar-refractivity contribution < 1.29 is 29.3 Å². The van der Waals surface area contributed by atoms with Gasteiger partial charge in [0, 0.05) is 6.54 Å². The van der Waals surface area contributed by atoms with E-state index in [1.165, 1.54) is 25.3 Å². The summed E-state index contributed by atoms with van der Waals surface area (Å²) in [5, 5.41) is 22.9. The number of benzene rings is 2. The molecule has 8 heteroatoms. The molecule has 0 saturated heterocycles. The van der Waals surface area contributed by atoms with Crippen molar-refractivity contribution in [2.45, 2.75) is 18.8 Å². The van der Waals surface area contributed by atoms with Crippen LogP contribution in [0.1, 0.15) is 27.6 Å². The van der Waals surface area contributed by atoms with Gasteiger partial charge in [0.15, 0.2) is 0 Å². The van der Waals surface area contributed by atoms with Gasteiger partial charge in [0.25, 0.3) is 0 Å². The van der Waals surface area contributed by atoms with Gasteiger partial charge in [-0.2, -0.15) is 0 Å². The van der Waals surface area contributed by atoms with Gasteiger partial charge in [-0.15, -0.1) is 0 Å². The van der Waals surface area contributed by atoms with Gasteiger partial charge < -0.3 is 25.0 Å². The Hall–Kier alpha value is -2.61. The summed E-state index contributed by atoms with van der Waals surface area (Å²) in [6.45, 7) is -0.157. The molecule has 0 aliphatic carbocycles. The van der Waals surface area contributed by atoms with Gasteiger partial charge >= 0.3 is 12.1 Å². The van der Waals surface area contributed by atoms with E-state index >= 15 is 0 Å². The number of hydrogen-bond donors (Lipinski definition) is 3. The van der Waals surface area contributed by atoms with Gasteiger partial charge in [0.2, 0.25) is 0 Å². The summed E-state index contributed by atoms with van der Waals surface area (Å²) < 4.78 is 9.64. The smallest absolute Gasteiger partial charge is 0.407 e. The number of aliphatic hydroxyl groups is 2. The van der Waals surface area contributed by atoms with E-state index in [0.29, 0.717) is 0 Å². The first kappa shape index (κ1) is 20.7. The molecular formula is C19H20ClNO6. The van der Waals surface area contributed by atoms with Crippen molar-refractivity contribution in [2.24, 2.45) is 0 Å². The number of carbonyl (C=O) groups excluding carboxylic acids is 2. The van der Waals surface area contributed by atoms with Crippen LogP contribution in [0.2, 0.25) is 5.02 Å².